The zero-order chi connectivity index (χ0) is 34.8. The number of nitrogens with zero attached hydrogens (tertiary/aromatic N) is 1. The Bertz CT molecular complexity index is 1650. The van der Waals surface area contributed by atoms with E-state index in [1.807, 2.05) is 36.4 Å². The number of sulfonamides is 1. The topological polar surface area (TPSA) is 106 Å². The lowest BCUT2D eigenvalue weighted by Gasteiger charge is -2.34. The Labute approximate surface area is 298 Å². The highest BCUT2D eigenvalue weighted by atomic mass is 32.2. The van der Waals surface area contributed by atoms with Gasteiger partial charge in [0.2, 0.25) is 10.0 Å². The predicted molar refractivity (Wildman–Crippen MR) is 198 cm³/mol. The molecular formula is C40H53N3O6S. The van der Waals surface area contributed by atoms with Crippen LogP contribution >= 0.6 is 0 Å². The average Bonchev–Trinajstić information content (AvgIpc) is 3.13. The van der Waals surface area contributed by atoms with Gasteiger partial charge < -0.3 is 24.4 Å². The van der Waals surface area contributed by atoms with Gasteiger partial charge in [-0.1, -0.05) is 36.4 Å². The number of aryl methyl sites for hydroxylation is 1. The van der Waals surface area contributed by atoms with Crippen molar-refractivity contribution >= 4 is 21.6 Å². The summed E-state index contributed by atoms with van der Waals surface area (Å²) in [7, 11) is -3.31. The van der Waals surface area contributed by atoms with Gasteiger partial charge in [-0.2, -0.15) is 0 Å². The number of hydrogen-bond acceptors (Lipinski definition) is 7. The molecule has 3 aromatic rings. The summed E-state index contributed by atoms with van der Waals surface area (Å²) in [6.45, 7) is 5.78. The Morgan fingerprint density at radius 2 is 1.60 bits per heavy atom. The minimum absolute atomic E-state index is 0.0676. The maximum absolute atomic E-state index is 12.8. The number of ether oxygens (including phenoxy) is 3. The van der Waals surface area contributed by atoms with E-state index in [2.05, 4.69) is 27.1 Å². The standard InChI is InChI=1S/C40H53N3O6S/c1-50(45,46)42-35-18-15-31(16-19-35)30-11-13-34(14-12-30)40(44)41-23-5-6-24-43-25-21-33(22-26-43)37-20-17-32-8-2-3-9-36(32)39(37)49-29-28-48-38-10-4-7-27-47-38/h11-20,33,38,42H,2-10,21-29H2,1H3,(H,41,44). The van der Waals surface area contributed by atoms with Crippen molar-refractivity contribution in [1.29, 1.82) is 0 Å². The largest absolute Gasteiger partial charge is 0.491 e. The summed E-state index contributed by atoms with van der Waals surface area (Å²) < 4.78 is 43.6. The molecule has 10 heteroatoms. The summed E-state index contributed by atoms with van der Waals surface area (Å²) in [6.07, 6.45) is 13.3. The van der Waals surface area contributed by atoms with E-state index >= 15 is 0 Å². The van der Waals surface area contributed by atoms with E-state index in [1.54, 1.807) is 12.1 Å². The van der Waals surface area contributed by atoms with Crippen LogP contribution in [0.4, 0.5) is 5.69 Å². The second kappa shape index (κ2) is 17.7. The van der Waals surface area contributed by atoms with Gasteiger partial charge in [-0.25, -0.2) is 8.42 Å². The summed E-state index contributed by atoms with van der Waals surface area (Å²) in [4.78, 5) is 15.3. The van der Waals surface area contributed by atoms with Gasteiger partial charge in [0.15, 0.2) is 6.29 Å². The number of benzene rings is 3. The number of amides is 1. The number of nitrogens with one attached hydrogen (secondary N) is 2. The van der Waals surface area contributed by atoms with Crippen LogP contribution in [0, 0.1) is 0 Å². The molecule has 50 heavy (non-hydrogen) atoms. The second-order valence-corrected chi connectivity index (χ2v) is 15.7. The lowest BCUT2D eigenvalue weighted by Crippen LogP contribution is -2.34. The second-order valence-electron chi connectivity index (χ2n) is 14.0. The molecule has 0 radical (unpaired) electrons. The van der Waals surface area contributed by atoms with Gasteiger partial charge in [-0.15, -0.1) is 0 Å². The van der Waals surface area contributed by atoms with Gasteiger partial charge in [0.1, 0.15) is 12.4 Å². The summed E-state index contributed by atoms with van der Waals surface area (Å²) in [5, 5.41) is 3.07. The number of rotatable bonds is 15. The molecule has 2 saturated heterocycles. The average molecular weight is 704 g/mol. The Morgan fingerprint density at radius 1 is 0.860 bits per heavy atom. The Balaban J connectivity index is 0.912. The molecule has 2 aliphatic heterocycles. The summed E-state index contributed by atoms with van der Waals surface area (Å²) >= 11 is 0. The van der Waals surface area contributed by atoms with Gasteiger partial charge in [-0.3, -0.25) is 9.52 Å². The molecule has 270 valence electrons. The van der Waals surface area contributed by atoms with Crippen molar-refractivity contribution in [2.75, 3.05) is 57.0 Å². The third-order valence-electron chi connectivity index (χ3n) is 10.2. The SMILES string of the molecule is CS(=O)(=O)Nc1ccc(-c2ccc(C(=O)NCCCCN3CCC(c4ccc5c(c4OCCOC4CCCCO4)CCCC5)CC3)cc2)cc1. The van der Waals surface area contributed by atoms with Crippen LogP contribution in [0.1, 0.15) is 90.8 Å². The van der Waals surface area contributed by atoms with Crippen LogP contribution in [-0.2, 0) is 32.3 Å². The number of anilines is 1. The van der Waals surface area contributed by atoms with E-state index in [4.69, 9.17) is 14.2 Å². The number of carbonyl (C=O) groups excluding carboxylic acids is 1. The molecule has 0 saturated carbocycles. The smallest absolute Gasteiger partial charge is 0.251 e. The molecule has 2 heterocycles. The number of hydrogen-bond donors (Lipinski definition) is 2. The van der Waals surface area contributed by atoms with Crippen LogP contribution in [0.25, 0.3) is 11.1 Å². The quantitative estimate of drug-likeness (QED) is 0.166. The molecule has 9 nitrogen and oxygen atoms in total. The van der Waals surface area contributed by atoms with Crippen molar-refractivity contribution in [2.45, 2.75) is 82.8 Å². The fourth-order valence-corrected chi connectivity index (χ4v) is 8.03. The van der Waals surface area contributed by atoms with Crippen LogP contribution in [0.2, 0.25) is 0 Å². The molecular weight excluding hydrogens is 651 g/mol. The van der Waals surface area contributed by atoms with E-state index in [-0.39, 0.29) is 12.2 Å². The van der Waals surface area contributed by atoms with E-state index < -0.39 is 10.0 Å². The van der Waals surface area contributed by atoms with Crippen LogP contribution in [0.3, 0.4) is 0 Å². The Kier molecular flexibility index (Phi) is 12.8. The van der Waals surface area contributed by atoms with Crippen molar-refractivity contribution in [3.63, 3.8) is 0 Å². The third-order valence-corrected chi connectivity index (χ3v) is 10.8. The molecule has 2 fully saturated rings. The monoisotopic (exact) mass is 703 g/mol. The highest BCUT2D eigenvalue weighted by molar-refractivity contribution is 7.92. The molecule has 0 spiro atoms. The molecule has 1 amide bonds. The molecule has 3 aromatic carbocycles. The van der Waals surface area contributed by atoms with Crippen molar-refractivity contribution in [3.8, 4) is 16.9 Å². The normalized spacial score (nSPS) is 18.7. The maximum Gasteiger partial charge on any atom is 0.251 e. The van der Waals surface area contributed by atoms with E-state index in [9.17, 15) is 13.2 Å². The first kappa shape index (κ1) is 36.4. The number of piperidine rings is 1. The van der Waals surface area contributed by atoms with Gasteiger partial charge >= 0.3 is 0 Å². The van der Waals surface area contributed by atoms with Gasteiger partial charge in [-0.05, 0) is 148 Å². The van der Waals surface area contributed by atoms with E-state index in [0.717, 1.165) is 101 Å². The van der Waals surface area contributed by atoms with Crippen LogP contribution in [-0.4, -0.2) is 77.8 Å². The molecule has 3 aliphatic rings. The maximum atomic E-state index is 12.8. The number of fused-ring (bicyclic) bond motifs is 1. The Morgan fingerprint density at radius 3 is 2.32 bits per heavy atom. The highest BCUT2D eigenvalue weighted by Crippen LogP contribution is 2.40. The first-order chi connectivity index (χ1) is 24.3. The van der Waals surface area contributed by atoms with Crippen LogP contribution in [0.5, 0.6) is 5.75 Å². The number of unbranched alkanes of at least 4 members (excludes halogenated alkanes) is 1. The molecule has 6 rings (SSSR count). The van der Waals surface area contributed by atoms with E-state index in [1.165, 1.54) is 36.0 Å². The van der Waals surface area contributed by atoms with E-state index in [0.29, 0.717) is 36.9 Å². The summed E-state index contributed by atoms with van der Waals surface area (Å²) in [6, 6.07) is 19.4. The minimum Gasteiger partial charge on any atom is -0.491 e. The lowest BCUT2D eigenvalue weighted by atomic mass is 9.83. The van der Waals surface area contributed by atoms with Gasteiger partial charge in [0.05, 0.1) is 12.9 Å². The zero-order valence-corrected chi connectivity index (χ0v) is 30.3. The molecule has 1 atom stereocenters. The zero-order valence-electron chi connectivity index (χ0n) is 29.5. The van der Waals surface area contributed by atoms with Crippen LogP contribution < -0.4 is 14.8 Å². The van der Waals surface area contributed by atoms with Gasteiger partial charge in [0, 0.05) is 24.4 Å². The fourth-order valence-electron chi connectivity index (χ4n) is 7.46. The van der Waals surface area contributed by atoms with Crippen molar-refractivity contribution in [1.82, 2.24) is 10.2 Å². The predicted octanol–water partition coefficient (Wildman–Crippen LogP) is 6.92. The molecule has 0 bridgehead atoms. The lowest BCUT2D eigenvalue weighted by molar-refractivity contribution is -0.165. The summed E-state index contributed by atoms with van der Waals surface area (Å²) in [5.41, 5.74) is 7.33. The number of carbonyl (C=O) groups is 1. The third kappa shape index (κ3) is 10.3. The fraction of sp³-hybridized carbons (Fsp3) is 0.525. The molecule has 2 N–H and O–H groups in total. The van der Waals surface area contributed by atoms with Crippen LogP contribution in [0.15, 0.2) is 60.7 Å². The van der Waals surface area contributed by atoms with Crippen molar-refractivity contribution < 1.29 is 27.4 Å². The molecule has 0 aromatic heterocycles. The highest BCUT2D eigenvalue weighted by Gasteiger charge is 2.26. The number of likely N-dealkylation sites (tertiary alicyclic amines) is 1. The van der Waals surface area contributed by atoms with Gasteiger partial charge in [0.25, 0.3) is 5.91 Å². The van der Waals surface area contributed by atoms with Crippen molar-refractivity contribution in [2.24, 2.45) is 0 Å². The first-order valence-corrected chi connectivity index (χ1v) is 20.4. The molecule has 1 unspecified atom stereocenters. The summed E-state index contributed by atoms with van der Waals surface area (Å²) in [5.74, 6) is 1.58. The first-order valence-electron chi connectivity index (χ1n) is 18.5. The minimum atomic E-state index is -3.31. The van der Waals surface area contributed by atoms with Crippen molar-refractivity contribution in [3.05, 3.63) is 82.9 Å². The Hall–Kier alpha value is -3.44. The molecule has 1 aliphatic carbocycles.